The van der Waals surface area contributed by atoms with E-state index >= 15 is 0 Å². The fraction of sp³-hybridized carbons (Fsp3) is 0.632. The number of anilines is 1. The summed E-state index contributed by atoms with van der Waals surface area (Å²) < 4.78 is 0. The molecule has 0 saturated carbocycles. The number of carboxylic acids is 1. The fourth-order valence-electron chi connectivity index (χ4n) is 4.33. The molecular formula is C19H25N3O2S. The van der Waals surface area contributed by atoms with Crippen molar-refractivity contribution in [1.29, 1.82) is 0 Å². The molecule has 25 heavy (non-hydrogen) atoms. The molecule has 2 unspecified atom stereocenters. The van der Waals surface area contributed by atoms with Crippen LogP contribution in [0.5, 0.6) is 0 Å². The first-order valence-electron chi connectivity index (χ1n) is 9.11. The second-order valence-electron chi connectivity index (χ2n) is 8.38. The minimum Gasteiger partial charge on any atom is -0.480 e. The van der Waals surface area contributed by atoms with Gasteiger partial charge in [0.2, 0.25) is 0 Å². The first kappa shape index (κ1) is 16.8. The maximum Gasteiger partial charge on any atom is 0.326 e. The Morgan fingerprint density at radius 3 is 2.84 bits per heavy atom. The van der Waals surface area contributed by atoms with Gasteiger partial charge in [0.05, 0.1) is 5.39 Å². The number of fused-ring (bicyclic) bond motifs is 3. The van der Waals surface area contributed by atoms with Crippen molar-refractivity contribution in [2.75, 3.05) is 11.4 Å². The van der Waals surface area contributed by atoms with Gasteiger partial charge in [-0.1, -0.05) is 20.8 Å². The summed E-state index contributed by atoms with van der Waals surface area (Å²) in [4.78, 5) is 25.1. The molecular weight excluding hydrogens is 334 g/mol. The van der Waals surface area contributed by atoms with Gasteiger partial charge in [0.25, 0.3) is 0 Å². The van der Waals surface area contributed by atoms with Crippen LogP contribution in [0.25, 0.3) is 10.2 Å². The van der Waals surface area contributed by atoms with Crippen molar-refractivity contribution in [2.45, 2.75) is 58.9 Å². The second-order valence-corrected chi connectivity index (χ2v) is 9.46. The van der Waals surface area contributed by atoms with Gasteiger partial charge >= 0.3 is 5.97 Å². The number of rotatable bonds is 2. The van der Waals surface area contributed by atoms with Gasteiger partial charge in [-0.3, -0.25) is 0 Å². The molecule has 0 radical (unpaired) electrons. The Morgan fingerprint density at radius 1 is 1.32 bits per heavy atom. The van der Waals surface area contributed by atoms with Crippen LogP contribution in [0.3, 0.4) is 0 Å². The molecule has 6 heteroatoms. The highest BCUT2D eigenvalue weighted by atomic mass is 32.1. The third kappa shape index (κ3) is 2.80. The van der Waals surface area contributed by atoms with E-state index in [0.29, 0.717) is 17.8 Å². The number of aromatic nitrogens is 2. The molecule has 1 N–H and O–H groups in total. The molecule has 1 saturated heterocycles. The Bertz CT molecular complexity index is 824. The molecule has 0 amide bonds. The van der Waals surface area contributed by atoms with E-state index in [1.165, 1.54) is 16.9 Å². The predicted octanol–water partition coefficient (Wildman–Crippen LogP) is 3.90. The number of aliphatic carboxylic acids is 1. The van der Waals surface area contributed by atoms with Crippen molar-refractivity contribution in [3.8, 4) is 0 Å². The highest BCUT2D eigenvalue weighted by Gasteiger charge is 2.36. The molecule has 4 rings (SSSR count). The lowest BCUT2D eigenvalue weighted by Gasteiger charge is -2.34. The van der Waals surface area contributed by atoms with E-state index in [0.717, 1.165) is 41.8 Å². The van der Waals surface area contributed by atoms with Gasteiger partial charge in [-0.05, 0) is 49.0 Å². The smallest absolute Gasteiger partial charge is 0.326 e. The number of thiophene rings is 1. The molecule has 1 aliphatic carbocycles. The molecule has 2 atom stereocenters. The lowest BCUT2D eigenvalue weighted by molar-refractivity contribution is -0.138. The van der Waals surface area contributed by atoms with Crippen LogP contribution in [-0.4, -0.2) is 33.6 Å². The number of nitrogens with zero attached hydrogens (tertiary/aromatic N) is 3. The maximum absolute atomic E-state index is 11.6. The zero-order valence-corrected chi connectivity index (χ0v) is 15.9. The van der Waals surface area contributed by atoms with E-state index in [1.807, 2.05) is 4.90 Å². The molecule has 0 spiro atoms. The average molecular weight is 359 g/mol. The highest BCUT2D eigenvalue weighted by molar-refractivity contribution is 7.19. The topological polar surface area (TPSA) is 66.3 Å². The summed E-state index contributed by atoms with van der Waals surface area (Å²) in [6.45, 7) is 7.73. The van der Waals surface area contributed by atoms with Crippen LogP contribution in [0.15, 0.2) is 6.33 Å². The van der Waals surface area contributed by atoms with E-state index in [9.17, 15) is 9.90 Å². The molecule has 2 aromatic rings. The van der Waals surface area contributed by atoms with Crippen molar-refractivity contribution in [3.63, 3.8) is 0 Å². The molecule has 134 valence electrons. The maximum atomic E-state index is 11.6. The zero-order chi connectivity index (χ0) is 17.8. The Morgan fingerprint density at radius 2 is 2.12 bits per heavy atom. The molecule has 2 aromatic heterocycles. The first-order chi connectivity index (χ1) is 11.9. The Kier molecular flexibility index (Phi) is 3.98. The standard InChI is InChI=1S/C19H25N3O2S/c1-19(2,3)11-6-7-12-14(9-11)25-17-15(12)16(20-10-21-17)22-8-4-5-13(22)18(23)24/h10-11,13H,4-9H2,1-3H3,(H,23,24). The third-order valence-electron chi connectivity index (χ3n) is 5.86. The van der Waals surface area contributed by atoms with Gasteiger partial charge in [0, 0.05) is 11.4 Å². The summed E-state index contributed by atoms with van der Waals surface area (Å²) in [6.07, 6.45) is 6.52. The third-order valence-corrected chi connectivity index (χ3v) is 7.02. The SMILES string of the molecule is CC(C)(C)C1CCc2c(sc3ncnc(N4CCCC4C(=O)O)c23)C1. The predicted molar refractivity (Wildman–Crippen MR) is 100 cm³/mol. The lowest BCUT2D eigenvalue weighted by atomic mass is 9.72. The van der Waals surface area contributed by atoms with E-state index in [2.05, 4.69) is 30.7 Å². The highest BCUT2D eigenvalue weighted by Crippen LogP contribution is 2.45. The average Bonchev–Trinajstić information content (AvgIpc) is 3.17. The second kappa shape index (κ2) is 5.94. The summed E-state index contributed by atoms with van der Waals surface area (Å²) in [5.41, 5.74) is 1.68. The van der Waals surface area contributed by atoms with Crippen LogP contribution >= 0.6 is 11.3 Å². The molecule has 2 aliphatic rings. The summed E-state index contributed by atoms with van der Waals surface area (Å²) in [7, 11) is 0. The van der Waals surface area contributed by atoms with Crippen molar-refractivity contribution in [2.24, 2.45) is 11.3 Å². The monoisotopic (exact) mass is 359 g/mol. The summed E-state index contributed by atoms with van der Waals surface area (Å²) in [5.74, 6) is 0.769. The lowest BCUT2D eigenvalue weighted by Crippen LogP contribution is -2.36. The summed E-state index contributed by atoms with van der Waals surface area (Å²) >= 11 is 1.78. The van der Waals surface area contributed by atoms with Crippen LogP contribution < -0.4 is 4.90 Å². The number of carboxylic acid groups (broad SMARTS) is 1. The Balaban J connectivity index is 1.79. The number of hydrogen-bond acceptors (Lipinski definition) is 5. The molecule has 1 aliphatic heterocycles. The van der Waals surface area contributed by atoms with Gasteiger partial charge in [-0.15, -0.1) is 11.3 Å². The fourth-order valence-corrected chi connectivity index (χ4v) is 5.59. The molecule has 3 heterocycles. The normalized spacial score (nSPS) is 23.9. The van der Waals surface area contributed by atoms with Crippen LogP contribution in [-0.2, 0) is 17.6 Å². The van der Waals surface area contributed by atoms with Crippen molar-refractivity contribution in [3.05, 3.63) is 16.8 Å². The molecule has 5 nitrogen and oxygen atoms in total. The van der Waals surface area contributed by atoms with Crippen LogP contribution in [0, 0.1) is 11.3 Å². The molecule has 0 aromatic carbocycles. The quantitative estimate of drug-likeness (QED) is 0.881. The van der Waals surface area contributed by atoms with Gasteiger partial charge < -0.3 is 10.0 Å². The van der Waals surface area contributed by atoms with Crippen molar-refractivity contribution >= 4 is 33.3 Å². The van der Waals surface area contributed by atoms with Gasteiger partial charge in [0.1, 0.15) is 23.0 Å². The minimum absolute atomic E-state index is 0.311. The van der Waals surface area contributed by atoms with E-state index in [-0.39, 0.29) is 0 Å². The van der Waals surface area contributed by atoms with Crippen molar-refractivity contribution in [1.82, 2.24) is 9.97 Å². The summed E-state index contributed by atoms with van der Waals surface area (Å²) in [5, 5.41) is 10.7. The van der Waals surface area contributed by atoms with Crippen LogP contribution in [0.1, 0.15) is 50.5 Å². The van der Waals surface area contributed by atoms with E-state index < -0.39 is 12.0 Å². The van der Waals surface area contributed by atoms with E-state index in [4.69, 9.17) is 0 Å². The number of aryl methyl sites for hydroxylation is 1. The Labute approximate surface area is 152 Å². The van der Waals surface area contributed by atoms with Gasteiger partial charge in [-0.2, -0.15) is 0 Å². The molecule has 1 fully saturated rings. The largest absolute Gasteiger partial charge is 0.480 e. The number of hydrogen-bond donors (Lipinski definition) is 1. The summed E-state index contributed by atoms with van der Waals surface area (Å²) in [6, 6.07) is -0.459. The first-order valence-corrected chi connectivity index (χ1v) is 9.92. The zero-order valence-electron chi connectivity index (χ0n) is 15.1. The van der Waals surface area contributed by atoms with Gasteiger partial charge in [-0.25, -0.2) is 14.8 Å². The van der Waals surface area contributed by atoms with Crippen molar-refractivity contribution < 1.29 is 9.90 Å². The molecule has 0 bridgehead atoms. The van der Waals surface area contributed by atoms with Gasteiger partial charge in [0.15, 0.2) is 0 Å². The van der Waals surface area contributed by atoms with Crippen LogP contribution in [0.2, 0.25) is 0 Å². The van der Waals surface area contributed by atoms with E-state index in [1.54, 1.807) is 17.7 Å². The Hall–Kier alpha value is -1.69. The minimum atomic E-state index is -0.749. The van der Waals surface area contributed by atoms with Crippen LogP contribution in [0.4, 0.5) is 5.82 Å². The number of carbonyl (C=O) groups is 1.